The zero-order chi connectivity index (χ0) is 9.80. The summed E-state index contributed by atoms with van der Waals surface area (Å²) in [6.45, 7) is 0.804. The fourth-order valence-corrected chi connectivity index (χ4v) is 1.74. The summed E-state index contributed by atoms with van der Waals surface area (Å²) in [7, 11) is 0. The topological polar surface area (TPSA) is 39.4 Å². The first-order valence-corrected chi connectivity index (χ1v) is 5.00. The molecule has 0 saturated carbocycles. The number of ether oxygens (including phenoxy) is 1. The molecule has 0 aliphatic carbocycles. The van der Waals surface area contributed by atoms with E-state index in [0.29, 0.717) is 12.8 Å². The standard InChI is InChI=1S/C11H14O3/c12-9(7-10-3-1-5-13-10)8-11-4-2-6-14-11/h1,3,5,11H,2,4,6-8H2. The van der Waals surface area contributed by atoms with Crippen molar-refractivity contribution in [2.24, 2.45) is 0 Å². The maximum Gasteiger partial charge on any atom is 0.143 e. The van der Waals surface area contributed by atoms with E-state index in [2.05, 4.69) is 0 Å². The van der Waals surface area contributed by atoms with E-state index in [1.807, 2.05) is 6.07 Å². The molecule has 76 valence electrons. The zero-order valence-electron chi connectivity index (χ0n) is 8.07. The van der Waals surface area contributed by atoms with Crippen LogP contribution in [0.5, 0.6) is 0 Å². The maximum atomic E-state index is 11.5. The molecule has 3 nitrogen and oxygen atoms in total. The van der Waals surface area contributed by atoms with Crippen LogP contribution in [-0.2, 0) is 16.0 Å². The summed E-state index contributed by atoms with van der Waals surface area (Å²) >= 11 is 0. The lowest BCUT2D eigenvalue weighted by Crippen LogP contribution is -2.13. The zero-order valence-corrected chi connectivity index (χ0v) is 8.07. The Morgan fingerprint density at radius 1 is 1.57 bits per heavy atom. The van der Waals surface area contributed by atoms with Gasteiger partial charge < -0.3 is 9.15 Å². The minimum Gasteiger partial charge on any atom is -0.469 e. The van der Waals surface area contributed by atoms with Crippen LogP contribution in [0.25, 0.3) is 0 Å². The molecular weight excluding hydrogens is 180 g/mol. The lowest BCUT2D eigenvalue weighted by molar-refractivity contribution is -0.120. The van der Waals surface area contributed by atoms with E-state index in [0.717, 1.165) is 25.2 Å². The fourth-order valence-electron chi connectivity index (χ4n) is 1.74. The van der Waals surface area contributed by atoms with Crippen molar-refractivity contribution in [3.8, 4) is 0 Å². The highest BCUT2D eigenvalue weighted by atomic mass is 16.5. The first-order valence-electron chi connectivity index (χ1n) is 5.00. The van der Waals surface area contributed by atoms with Gasteiger partial charge in [0.25, 0.3) is 0 Å². The van der Waals surface area contributed by atoms with Crippen molar-refractivity contribution < 1.29 is 13.9 Å². The van der Waals surface area contributed by atoms with Gasteiger partial charge in [0.2, 0.25) is 0 Å². The molecule has 1 atom stereocenters. The molecule has 1 aromatic heterocycles. The van der Waals surface area contributed by atoms with Gasteiger partial charge in [-0.3, -0.25) is 4.79 Å². The third-order valence-corrected chi connectivity index (χ3v) is 2.43. The Balaban J connectivity index is 1.78. The summed E-state index contributed by atoms with van der Waals surface area (Å²) in [4.78, 5) is 11.5. The van der Waals surface area contributed by atoms with Crippen molar-refractivity contribution in [1.29, 1.82) is 0 Å². The predicted molar refractivity (Wildman–Crippen MR) is 51.0 cm³/mol. The number of hydrogen-bond acceptors (Lipinski definition) is 3. The quantitative estimate of drug-likeness (QED) is 0.735. The average molecular weight is 194 g/mol. The molecule has 1 unspecified atom stereocenters. The molecule has 0 amide bonds. The lowest BCUT2D eigenvalue weighted by atomic mass is 10.1. The van der Waals surface area contributed by atoms with Gasteiger partial charge in [-0.2, -0.15) is 0 Å². The highest BCUT2D eigenvalue weighted by molar-refractivity contribution is 5.80. The summed E-state index contributed by atoms with van der Waals surface area (Å²) in [5.74, 6) is 0.944. The second kappa shape index (κ2) is 4.42. The normalized spacial score (nSPS) is 21.3. The van der Waals surface area contributed by atoms with Crippen molar-refractivity contribution >= 4 is 5.78 Å². The lowest BCUT2D eigenvalue weighted by Gasteiger charge is -2.06. The van der Waals surface area contributed by atoms with Crippen LogP contribution in [0.15, 0.2) is 22.8 Å². The molecule has 1 aliphatic heterocycles. The molecule has 1 aromatic rings. The fraction of sp³-hybridized carbons (Fsp3) is 0.545. The van der Waals surface area contributed by atoms with Crippen LogP contribution in [0.1, 0.15) is 25.0 Å². The van der Waals surface area contributed by atoms with Gasteiger partial charge >= 0.3 is 0 Å². The summed E-state index contributed by atoms with van der Waals surface area (Å²) in [6.07, 6.45) is 4.77. The van der Waals surface area contributed by atoms with Gasteiger partial charge in [-0.05, 0) is 25.0 Å². The number of carbonyl (C=O) groups excluding carboxylic acids is 1. The van der Waals surface area contributed by atoms with Crippen molar-refractivity contribution in [1.82, 2.24) is 0 Å². The van der Waals surface area contributed by atoms with E-state index in [-0.39, 0.29) is 11.9 Å². The first kappa shape index (κ1) is 9.46. The molecule has 0 spiro atoms. The largest absolute Gasteiger partial charge is 0.469 e. The van der Waals surface area contributed by atoms with E-state index < -0.39 is 0 Å². The Morgan fingerprint density at radius 2 is 2.50 bits per heavy atom. The predicted octanol–water partition coefficient (Wildman–Crippen LogP) is 1.96. The second-order valence-electron chi connectivity index (χ2n) is 3.63. The van der Waals surface area contributed by atoms with Gasteiger partial charge in [0.05, 0.1) is 18.8 Å². The molecule has 14 heavy (non-hydrogen) atoms. The Kier molecular flexibility index (Phi) is 2.99. The average Bonchev–Trinajstić information content (AvgIpc) is 2.76. The second-order valence-corrected chi connectivity index (χ2v) is 3.63. The molecule has 0 N–H and O–H groups in total. The Bertz CT molecular complexity index is 283. The number of ketones is 1. The van der Waals surface area contributed by atoms with Crippen LogP contribution in [0, 0.1) is 0 Å². The third-order valence-electron chi connectivity index (χ3n) is 2.43. The molecule has 1 fully saturated rings. The van der Waals surface area contributed by atoms with Crippen LogP contribution in [0.3, 0.4) is 0 Å². The van der Waals surface area contributed by atoms with Crippen LogP contribution in [0.4, 0.5) is 0 Å². The van der Waals surface area contributed by atoms with E-state index in [4.69, 9.17) is 9.15 Å². The first-order chi connectivity index (χ1) is 6.84. The molecule has 2 heterocycles. The summed E-state index contributed by atoms with van der Waals surface area (Å²) in [5, 5.41) is 0. The van der Waals surface area contributed by atoms with E-state index in [1.165, 1.54) is 0 Å². The summed E-state index contributed by atoms with van der Waals surface area (Å²) < 4.78 is 10.5. The SMILES string of the molecule is O=C(Cc1ccco1)CC1CCCO1. The highest BCUT2D eigenvalue weighted by Crippen LogP contribution is 2.16. The van der Waals surface area contributed by atoms with Crippen molar-refractivity contribution in [3.05, 3.63) is 24.2 Å². The molecule has 0 aromatic carbocycles. The van der Waals surface area contributed by atoms with Crippen molar-refractivity contribution in [2.75, 3.05) is 6.61 Å². The molecule has 1 saturated heterocycles. The van der Waals surface area contributed by atoms with E-state index >= 15 is 0 Å². The Hall–Kier alpha value is -1.09. The van der Waals surface area contributed by atoms with Crippen LogP contribution in [-0.4, -0.2) is 18.5 Å². The van der Waals surface area contributed by atoms with Gasteiger partial charge in [-0.15, -0.1) is 0 Å². The van der Waals surface area contributed by atoms with E-state index in [1.54, 1.807) is 12.3 Å². The monoisotopic (exact) mass is 194 g/mol. The molecule has 3 heteroatoms. The number of furan rings is 1. The highest BCUT2D eigenvalue weighted by Gasteiger charge is 2.19. The van der Waals surface area contributed by atoms with Gasteiger partial charge in [-0.25, -0.2) is 0 Å². The molecule has 1 aliphatic rings. The minimum absolute atomic E-state index is 0.150. The van der Waals surface area contributed by atoms with Gasteiger partial charge in [0, 0.05) is 13.0 Å². The van der Waals surface area contributed by atoms with Crippen LogP contribution >= 0.6 is 0 Å². The Morgan fingerprint density at radius 3 is 3.14 bits per heavy atom. The Labute approximate surface area is 83.0 Å². The van der Waals surface area contributed by atoms with Crippen LogP contribution in [0.2, 0.25) is 0 Å². The van der Waals surface area contributed by atoms with E-state index in [9.17, 15) is 4.79 Å². The number of Topliss-reactive ketones (excluding diaryl/α,β-unsaturated/α-hetero) is 1. The summed E-state index contributed by atoms with van der Waals surface area (Å²) in [5.41, 5.74) is 0. The third kappa shape index (κ3) is 2.45. The molecule has 2 rings (SSSR count). The summed E-state index contributed by atoms with van der Waals surface area (Å²) in [6, 6.07) is 3.63. The van der Waals surface area contributed by atoms with Gasteiger partial charge in [0.15, 0.2) is 0 Å². The number of rotatable bonds is 4. The minimum atomic E-state index is 0.150. The number of hydrogen-bond donors (Lipinski definition) is 0. The van der Waals surface area contributed by atoms with Crippen molar-refractivity contribution in [2.45, 2.75) is 31.8 Å². The molecular formula is C11H14O3. The number of carbonyl (C=O) groups is 1. The van der Waals surface area contributed by atoms with Crippen molar-refractivity contribution in [3.63, 3.8) is 0 Å². The smallest absolute Gasteiger partial charge is 0.143 e. The van der Waals surface area contributed by atoms with Gasteiger partial charge in [0.1, 0.15) is 11.5 Å². The van der Waals surface area contributed by atoms with Crippen LogP contribution < -0.4 is 0 Å². The van der Waals surface area contributed by atoms with Gasteiger partial charge in [-0.1, -0.05) is 0 Å². The molecule has 0 radical (unpaired) electrons. The molecule has 0 bridgehead atoms. The maximum absolute atomic E-state index is 11.5.